The zero-order valence-electron chi connectivity index (χ0n) is 11.6. The van der Waals surface area contributed by atoms with Gasteiger partial charge in [-0.25, -0.2) is 4.79 Å². The number of aromatic carboxylic acids is 1. The molecule has 0 saturated carbocycles. The normalized spacial score (nSPS) is 9.90. The third kappa shape index (κ3) is 4.46. The lowest BCUT2D eigenvalue weighted by molar-refractivity contribution is -0.120. The fraction of sp³-hybridized carbons (Fsp3) is 0.429. The van der Waals surface area contributed by atoms with E-state index in [4.69, 9.17) is 14.6 Å². The molecule has 0 aromatic heterocycles. The quantitative estimate of drug-likeness (QED) is 0.708. The zero-order chi connectivity index (χ0) is 15.0. The topological polar surface area (TPSA) is 84.9 Å². The van der Waals surface area contributed by atoms with Crippen molar-refractivity contribution in [3.8, 4) is 11.5 Å². The number of carboxylic acid groups (broad SMARTS) is 1. The zero-order valence-corrected chi connectivity index (χ0v) is 11.6. The molecule has 1 aromatic carbocycles. The molecule has 0 spiro atoms. The van der Waals surface area contributed by atoms with Crippen LogP contribution in [0.4, 0.5) is 0 Å². The molecular weight excluding hydrogens is 262 g/mol. The van der Waals surface area contributed by atoms with E-state index in [0.29, 0.717) is 25.2 Å². The third-order valence-electron chi connectivity index (χ3n) is 2.58. The monoisotopic (exact) mass is 281 g/mol. The Morgan fingerprint density at radius 2 is 2.05 bits per heavy atom. The Kier molecular flexibility index (Phi) is 6.36. The first-order valence-electron chi connectivity index (χ1n) is 6.42. The summed E-state index contributed by atoms with van der Waals surface area (Å²) in [5, 5.41) is 11.7. The molecule has 0 radical (unpaired) electrons. The Bertz CT molecular complexity index is 473. The molecule has 0 aliphatic heterocycles. The van der Waals surface area contributed by atoms with Crippen molar-refractivity contribution in [1.29, 1.82) is 0 Å². The average molecular weight is 281 g/mol. The summed E-state index contributed by atoms with van der Waals surface area (Å²) in [6, 6.07) is 4.72. The molecule has 2 N–H and O–H groups in total. The van der Waals surface area contributed by atoms with Crippen molar-refractivity contribution in [2.75, 3.05) is 20.3 Å². The fourth-order valence-corrected chi connectivity index (χ4v) is 1.63. The summed E-state index contributed by atoms with van der Waals surface area (Å²) in [6.07, 6.45) is 0.828. The Hall–Kier alpha value is -2.24. The number of carbonyl (C=O) groups excluding carboxylic acids is 1. The number of para-hydroxylation sites is 1. The average Bonchev–Trinajstić information content (AvgIpc) is 2.44. The lowest BCUT2D eigenvalue weighted by atomic mass is 10.2. The van der Waals surface area contributed by atoms with Crippen LogP contribution in [-0.4, -0.2) is 37.2 Å². The van der Waals surface area contributed by atoms with Crippen molar-refractivity contribution in [3.63, 3.8) is 0 Å². The second-order valence-corrected chi connectivity index (χ2v) is 4.00. The third-order valence-corrected chi connectivity index (χ3v) is 2.58. The van der Waals surface area contributed by atoms with Crippen molar-refractivity contribution in [1.82, 2.24) is 5.32 Å². The first-order valence-corrected chi connectivity index (χ1v) is 6.42. The van der Waals surface area contributed by atoms with Crippen LogP contribution in [-0.2, 0) is 4.79 Å². The second-order valence-electron chi connectivity index (χ2n) is 4.00. The number of carbonyl (C=O) groups is 2. The molecule has 20 heavy (non-hydrogen) atoms. The van der Waals surface area contributed by atoms with Gasteiger partial charge in [0.05, 0.1) is 13.2 Å². The van der Waals surface area contributed by atoms with E-state index in [1.54, 1.807) is 19.2 Å². The highest BCUT2D eigenvalue weighted by Gasteiger charge is 2.16. The summed E-state index contributed by atoms with van der Waals surface area (Å²) in [6.45, 7) is 2.47. The van der Waals surface area contributed by atoms with Gasteiger partial charge < -0.3 is 19.9 Å². The van der Waals surface area contributed by atoms with E-state index in [0.717, 1.165) is 0 Å². The minimum atomic E-state index is -1.08. The maximum Gasteiger partial charge on any atom is 0.339 e. The van der Waals surface area contributed by atoms with Gasteiger partial charge in [0, 0.05) is 13.5 Å². The van der Waals surface area contributed by atoms with Crippen LogP contribution in [0, 0.1) is 0 Å². The molecule has 6 heteroatoms. The van der Waals surface area contributed by atoms with Gasteiger partial charge in [0.1, 0.15) is 5.56 Å². The number of rotatable bonds is 8. The lowest BCUT2D eigenvalue weighted by Crippen LogP contribution is -2.18. The molecule has 0 saturated heterocycles. The molecular formula is C14H19NO5. The number of amides is 1. The van der Waals surface area contributed by atoms with Crippen molar-refractivity contribution in [2.24, 2.45) is 0 Å². The van der Waals surface area contributed by atoms with Crippen LogP contribution in [0.25, 0.3) is 0 Å². The number of carboxylic acids is 1. The minimum Gasteiger partial charge on any atom is -0.490 e. The van der Waals surface area contributed by atoms with Crippen molar-refractivity contribution < 1.29 is 24.2 Å². The molecule has 0 heterocycles. The molecule has 1 amide bonds. The van der Waals surface area contributed by atoms with E-state index >= 15 is 0 Å². The van der Waals surface area contributed by atoms with E-state index in [-0.39, 0.29) is 23.8 Å². The molecule has 110 valence electrons. The minimum absolute atomic E-state index is 0.0518. The van der Waals surface area contributed by atoms with E-state index < -0.39 is 5.97 Å². The SMILES string of the molecule is CCOc1cccc(C(=O)O)c1OCCCC(=O)NC. The molecule has 1 rings (SSSR count). The van der Waals surface area contributed by atoms with Gasteiger partial charge in [-0.3, -0.25) is 4.79 Å². The molecule has 6 nitrogen and oxygen atoms in total. The Morgan fingerprint density at radius 3 is 2.65 bits per heavy atom. The second kappa shape index (κ2) is 8.04. The maximum atomic E-state index is 11.2. The Morgan fingerprint density at radius 1 is 1.30 bits per heavy atom. The summed E-state index contributed by atoms with van der Waals surface area (Å²) in [5.41, 5.74) is 0.0518. The highest BCUT2D eigenvalue weighted by molar-refractivity contribution is 5.92. The summed E-state index contributed by atoms with van der Waals surface area (Å²) < 4.78 is 10.9. The van der Waals surface area contributed by atoms with E-state index in [1.807, 2.05) is 6.92 Å². The highest BCUT2D eigenvalue weighted by Crippen LogP contribution is 2.31. The molecule has 0 bridgehead atoms. The summed E-state index contributed by atoms with van der Waals surface area (Å²) >= 11 is 0. The number of nitrogens with one attached hydrogen (secondary N) is 1. The first-order chi connectivity index (χ1) is 9.60. The maximum absolute atomic E-state index is 11.2. The molecule has 0 aliphatic rings. The van der Waals surface area contributed by atoms with Gasteiger partial charge in [0.2, 0.25) is 5.91 Å². The van der Waals surface area contributed by atoms with E-state index in [1.165, 1.54) is 6.07 Å². The predicted octanol–water partition coefficient (Wildman–Crippen LogP) is 1.69. The van der Waals surface area contributed by atoms with Crippen molar-refractivity contribution >= 4 is 11.9 Å². The highest BCUT2D eigenvalue weighted by atomic mass is 16.5. The van der Waals surface area contributed by atoms with Gasteiger partial charge in [0.25, 0.3) is 0 Å². The molecule has 0 atom stereocenters. The summed E-state index contributed by atoms with van der Waals surface area (Å²) in [4.78, 5) is 22.2. The summed E-state index contributed by atoms with van der Waals surface area (Å²) in [7, 11) is 1.57. The van der Waals surface area contributed by atoms with Crippen LogP contribution in [0.3, 0.4) is 0 Å². The predicted molar refractivity (Wildman–Crippen MR) is 73.4 cm³/mol. The Balaban J connectivity index is 2.75. The van der Waals surface area contributed by atoms with Gasteiger partial charge in [0.15, 0.2) is 11.5 Å². The number of ether oxygens (including phenoxy) is 2. The van der Waals surface area contributed by atoms with Gasteiger partial charge >= 0.3 is 5.97 Å². The van der Waals surface area contributed by atoms with Crippen LogP contribution in [0.5, 0.6) is 11.5 Å². The molecule has 0 fully saturated rings. The largest absolute Gasteiger partial charge is 0.490 e. The van der Waals surface area contributed by atoms with Gasteiger partial charge in [-0.15, -0.1) is 0 Å². The van der Waals surface area contributed by atoms with Crippen LogP contribution in [0.1, 0.15) is 30.1 Å². The van der Waals surface area contributed by atoms with Crippen LogP contribution >= 0.6 is 0 Å². The van der Waals surface area contributed by atoms with Gasteiger partial charge in [-0.05, 0) is 25.5 Å². The number of benzene rings is 1. The number of hydrogen-bond acceptors (Lipinski definition) is 4. The first kappa shape index (κ1) is 15.8. The number of hydrogen-bond donors (Lipinski definition) is 2. The molecule has 0 aliphatic carbocycles. The fourth-order valence-electron chi connectivity index (χ4n) is 1.63. The van der Waals surface area contributed by atoms with Crippen molar-refractivity contribution in [3.05, 3.63) is 23.8 Å². The van der Waals surface area contributed by atoms with Gasteiger partial charge in [-0.2, -0.15) is 0 Å². The van der Waals surface area contributed by atoms with Gasteiger partial charge in [-0.1, -0.05) is 6.07 Å². The lowest BCUT2D eigenvalue weighted by Gasteiger charge is -2.14. The van der Waals surface area contributed by atoms with Crippen LogP contribution < -0.4 is 14.8 Å². The summed E-state index contributed by atoms with van der Waals surface area (Å²) in [5.74, 6) is -0.552. The Labute approximate surface area is 117 Å². The smallest absolute Gasteiger partial charge is 0.339 e. The molecule has 0 unspecified atom stereocenters. The van der Waals surface area contributed by atoms with Crippen molar-refractivity contribution in [2.45, 2.75) is 19.8 Å². The van der Waals surface area contributed by atoms with Crippen LogP contribution in [0.15, 0.2) is 18.2 Å². The van der Waals surface area contributed by atoms with E-state index in [9.17, 15) is 9.59 Å². The molecule has 1 aromatic rings. The van der Waals surface area contributed by atoms with E-state index in [2.05, 4.69) is 5.32 Å². The standard InChI is InChI=1S/C14H19NO5/c1-3-19-11-7-4-6-10(14(17)18)13(11)20-9-5-8-12(16)15-2/h4,6-7H,3,5,8-9H2,1-2H3,(H,15,16)(H,17,18). The van der Waals surface area contributed by atoms with Crippen LogP contribution in [0.2, 0.25) is 0 Å².